The highest BCUT2D eigenvalue weighted by Gasteiger charge is 2.11. The Morgan fingerprint density at radius 1 is 1.24 bits per heavy atom. The van der Waals surface area contributed by atoms with Gasteiger partial charge in [-0.05, 0) is 35.7 Å². The summed E-state index contributed by atoms with van der Waals surface area (Å²) in [7, 11) is 0. The molecule has 0 atom stereocenters. The number of carbonyl (C=O) groups is 1. The Morgan fingerprint density at radius 2 is 1.92 bits per heavy atom. The van der Waals surface area contributed by atoms with Crippen molar-refractivity contribution < 1.29 is 9.90 Å². The predicted molar refractivity (Wildman–Crippen MR) is 97.7 cm³/mol. The van der Waals surface area contributed by atoms with Crippen LogP contribution in [0.1, 0.15) is 16.7 Å². The summed E-state index contributed by atoms with van der Waals surface area (Å²) in [4.78, 5) is 12.2. The Hall–Kier alpha value is -2.81. The van der Waals surface area contributed by atoms with Crippen molar-refractivity contribution in [3.8, 4) is 6.07 Å². The van der Waals surface area contributed by atoms with Crippen molar-refractivity contribution in [1.82, 2.24) is 5.32 Å². The first-order chi connectivity index (χ1) is 12.0. The van der Waals surface area contributed by atoms with Gasteiger partial charge >= 0.3 is 0 Å². The molecule has 0 unspecified atom stereocenters. The van der Waals surface area contributed by atoms with E-state index in [9.17, 15) is 10.1 Å². The van der Waals surface area contributed by atoms with E-state index >= 15 is 0 Å². The molecule has 25 heavy (non-hydrogen) atoms. The van der Waals surface area contributed by atoms with Gasteiger partial charge in [0.2, 0.25) is 0 Å². The van der Waals surface area contributed by atoms with Gasteiger partial charge in [-0.15, -0.1) is 0 Å². The molecule has 0 fully saturated rings. The normalized spacial score (nSPS) is 10.9. The van der Waals surface area contributed by atoms with E-state index in [4.69, 9.17) is 16.7 Å². The molecule has 0 bridgehead atoms. The number of aliphatic hydroxyl groups is 1. The van der Waals surface area contributed by atoms with Crippen molar-refractivity contribution in [1.29, 1.82) is 5.26 Å². The SMILES string of the molecule is Cc1c(Cl)cccc1NC(=O)/C(C#N)=C\NCc1ccc(CO)cc1. The topological polar surface area (TPSA) is 85.2 Å². The molecule has 0 aromatic heterocycles. The minimum absolute atomic E-state index is 0.00468. The molecule has 0 aliphatic heterocycles. The molecule has 2 aromatic rings. The highest BCUT2D eigenvalue weighted by molar-refractivity contribution is 6.31. The van der Waals surface area contributed by atoms with Crippen LogP contribution in [0.5, 0.6) is 0 Å². The highest BCUT2D eigenvalue weighted by Crippen LogP contribution is 2.23. The molecule has 0 spiro atoms. The molecular formula is C19H18ClN3O2. The fraction of sp³-hybridized carbons (Fsp3) is 0.158. The molecule has 0 radical (unpaired) electrons. The number of hydrogen-bond donors (Lipinski definition) is 3. The van der Waals surface area contributed by atoms with Gasteiger partial charge in [-0.25, -0.2) is 0 Å². The fourth-order valence-electron chi connectivity index (χ4n) is 2.11. The number of nitriles is 1. The summed E-state index contributed by atoms with van der Waals surface area (Å²) < 4.78 is 0. The lowest BCUT2D eigenvalue weighted by Crippen LogP contribution is -2.17. The lowest BCUT2D eigenvalue weighted by Gasteiger charge is -2.09. The standard InChI is InChI=1S/C19H18ClN3O2/c1-13-17(20)3-2-4-18(13)23-19(25)16(9-21)11-22-10-14-5-7-15(12-24)8-6-14/h2-8,11,22,24H,10,12H2,1H3,(H,23,25)/b16-11-. The molecule has 128 valence electrons. The first-order valence-corrected chi connectivity index (χ1v) is 8.01. The number of amides is 1. The van der Waals surface area contributed by atoms with E-state index in [-0.39, 0.29) is 12.2 Å². The van der Waals surface area contributed by atoms with Crippen LogP contribution in [-0.2, 0) is 17.9 Å². The Bertz CT molecular complexity index is 824. The molecule has 0 saturated carbocycles. The van der Waals surface area contributed by atoms with Crippen LogP contribution in [0.15, 0.2) is 54.2 Å². The summed E-state index contributed by atoms with van der Waals surface area (Å²) in [6.45, 7) is 2.25. The smallest absolute Gasteiger partial charge is 0.267 e. The molecule has 3 N–H and O–H groups in total. The number of nitrogens with zero attached hydrogens (tertiary/aromatic N) is 1. The third kappa shape index (κ3) is 5.08. The van der Waals surface area contributed by atoms with Gasteiger partial charge in [-0.3, -0.25) is 4.79 Å². The quantitative estimate of drug-likeness (QED) is 0.548. The van der Waals surface area contributed by atoms with Gasteiger partial charge in [0.25, 0.3) is 5.91 Å². The van der Waals surface area contributed by atoms with E-state index in [0.717, 1.165) is 16.7 Å². The second-order valence-corrected chi connectivity index (χ2v) is 5.80. The number of rotatable bonds is 6. The number of aliphatic hydroxyl groups excluding tert-OH is 1. The van der Waals surface area contributed by atoms with Crippen LogP contribution in [0, 0.1) is 18.3 Å². The maximum Gasteiger partial charge on any atom is 0.267 e. The van der Waals surface area contributed by atoms with Gasteiger partial charge in [0.15, 0.2) is 0 Å². The molecule has 0 saturated heterocycles. The van der Waals surface area contributed by atoms with Gasteiger partial charge in [-0.1, -0.05) is 41.9 Å². The van der Waals surface area contributed by atoms with Gasteiger partial charge in [0.1, 0.15) is 11.6 Å². The van der Waals surface area contributed by atoms with Crippen LogP contribution in [0.4, 0.5) is 5.69 Å². The Labute approximate surface area is 151 Å². The van der Waals surface area contributed by atoms with Crippen LogP contribution in [0.2, 0.25) is 5.02 Å². The Morgan fingerprint density at radius 3 is 2.56 bits per heavy atom. The summed E-state index contributed by atoms with van der Waals surface area (Å²) >= 11 is 6.02. The molecule has 0 aliphatic carbocycles. The molecule has 1 amide bonds. The summed E-state index contributed by atoms with van der Waals surface area (Å²) in [6.07, 6.45) is 1.38. The van der Waals surface area contributed by atoms with E-state index < -0.39 is 5.91 Å². The number of anilines is 1. The van der Waals surface area contributed by atoms with Crippen LogP contribution < -0.4 is 10.6 Å². The van der Waals surface area contributed by atoms with Gasteiger partial charge in [-0.2, -0.15) is 5.26 Å². The molecule has 6 heteroatoms. The molecular weight excluding hydrogens is 338 g/mol. The number of halogens is 1. The lowest BCUT2D eigenvalue weighted by molar-refractivity contribution is -0.112. The van der Waals surface area contributed by atoms with Crippen LogP contribution in [-0.4, -0.2) is 11.0 Å². The van der Waals surface area contributed by atoms with Gasteiger partial charge in [0.05, 0.1) is 6.61 Å². The van der Waals surface area contributed by atoms with E-state index in [1.807, 2.05) is 30.3 Å². The Kier molecular flexibility index (Phi) is 6.58. The maximum atomic E-state index is 12.2. The molecule has 0 heterocycles. The summed E-state index contributed by atoms with van der Waals surface area (Å²) in [6, 6.07) is 14.4. The average molecular weight is 356 g/mol. The number of benzene rings is 2. The third-order valence-corrected chi connectivity index (χ3v) is 4.05. The zero-order valence-electron chi connectivity index (χ0n) is 13.7. The first kappa shape index (κ1) is 18.5. The van der Waals surface area contributed by atoms with E-state index in [0.29, 0.717) is 17.3 Å². The largest absolute Gasteiger partial charge is 0.392 e. The second kappa shape index (κ2) is 8.88. The van der Waals surface area contributed by atoms with E-state index in [1.54, 1.807) is 25.1 Å². The van der Waals surface area contributed by atoms with Crippen LogP contribution in [0.3, 0.4) is 0 Å². The summed E-state index contributed by atoms with van der Waals surface area (Å²) in [5.41, 5.74) is 3.07. The number of nitrogens with one attached hydrogen (secondary N) is 2. The minimum atomic E-state index is -0.504. The molecule has 2 aromatic carbocycles. The number of carbonyl (C=O) groups excluding carboxylic acids is 1. The van der Waals surface area contributed by atoms with Crippen molar-refractivity contribution in [2.75, 3.05) is 5.32 Å². The monoisotopic (exact) mass is 355 g/mol. The maximum absolute atomic E-state index is 12.2. The average Bonchev–Trinajstić information content (AvgIpc) is 2.63. The summed E-state index contributed by atoms with van der Waals surface area (Å²) in [5.74, 6) is -0.504. The van der Waals surface area contributed by atoms with E-state index in [2.05, 4.69) is 10.6 Å². The molecule has 5 nitrogen and oxygen atoms in total. The summed E-state index contributed by atoms with van der Waals surface area (Å²) in [5, 5.41) is 24.4. The van der Waals surface area contributed by atoms with Crippen molar-refractivity contribution in [3.63, 3.8) is 0 Å². The predicted octanol–water partition coefficient (Wildman–Crippen LogP) is 3.28. The zero-order chi connectivity index (χ0) is 18.2. The zero-order valence-corrected chi connectivity index (χ0v) is 14.5. The Balaban J connectivity index is 2.00. The number of hydrogen-bond acceptors (Lipinski definition) is 4. The molecule has 0 aliphatic rings. The fourth-order valence-corrected chi connectivity index (χ4v) is 2.29. The first-order valence-electron chi connectivity index (χ1n) is 7.64. The van der Waals surface area contributed by atoms with Gasteiger partial charge in [0, 0.05) is 23.5 Å². The van der Waals surface area contributed by atoms with Gasteiger partial charge < -0.3 is 15.7 Å². The van der Waals surface area contributed by atoms with Crippen molar-refractivity contribution in [2.24, 2.45) is 0 Å². The third-order valence-electron chi connectivity index (χ3n) is 3.64. The van der Waals surface area contributed by atoms with Crippen LogP contribution >= 0.6 is 11.6 Å². The minimum Gasteiger partial charge on any atom is -0.392 e. The van der Waals surface area contributed by atoms with Crippen LogP contribution in [0.25, 0.3) is 0 Å². The molecule has 2 rings (SSSR count). The highest BCUT2D eigenvalue weighted by atomic mass is 35.5. The second-order valence-electron chi connectivity index (χ2n) is 5.39. The van der Waals surface area contributed by atoms with Crippen molar-refractivity contribution >= 4 is 23.2 Å². The lowest BCUT2D eigenvalue weighted by atomic mass is 10.1. The van der Waals surface area contributed by atoms with Crippen molar-refractivity contribution in [3.05, 3.63) is 76.0 Å². The van der Waals surface area contributed by atoms with Crippen molar-refractivity contribution in [2.45, 2.75) is 20.1 Å². The van der Waals surface area contributed by atoms with E-state index in [1.165, 1.54) is 6.20 Å².